The molecule has 1 rings (SSSR count). The summed E-state index contributed by atoms with van der Waals surface area (Å²) < 4.78 is 9.65. The van der Waals surface area contributed by atoms with Crippen molar-refractivity contribution in [1.82, 2.24) is 9.97 Å². The summed E-state index contributed by atoms with van der Waals surface area (Å²) in [6.07, 6.45) is 0. The second kappa shape index (κ2) is 4.52. The zero-order valence-corrected chi connectivity index (χ0v) is 7.85. The van der Waals surface area contributed by atoms with E-state index in [-0.39, 0.29) is 18.3 Å². The lowest BCUT2D eigenvalue weighted by molar-refractivity contribution is 0.0681. The lowest BCUT2D eigenvalue weighted by atomic mass is 10.4. The third kappa shape index (κ3) is 2.40. The van der Waals surface area contributed by atoms with Gasteiger partial charge in [0.2, 0.25) is 11.7 Å². The summed E-state index contributed by atoms with van der Waals surface area (Å²) in [5.74, 6) is -1.28. The van der Waals surface area contributed by atoms with Gasteiger partial charge in [-0.25, -0.2) is 9.78 Å². The van der Waals surface area contributed by atoms with Crippen molar-refractivity contribution < 1.29 is 19.4 Å². The van der Waals surface area contributed by atoms with Crippen molar-refractivity contribution in [2.45, 2.75) is 6.61 Å². The van der Waals surface area contributed by atoms with Gasteiger partial charge in [-0.3, -0.25) is 0 Å². The predicted molar refractivity (Wildman–Crippen MR) is 46.3 cm³/mol. The fraction of sp³-hybridized carbons (Fsp3) is 0.375. The molecule has 6 nitrogen and oxygen atoms in total. The van der Waals surface area contributed by atoms with E-state index >= 15 is 0 Å². The molecule has 0 aromatic carbocycles. The van der Waals surface area contributed by atoms with E-state index in [9.17, 15) is 4.79 Å². The molecule has 0 spiro atoms. The SMILES string of the molecule is COCc1cc(OC)nc(C(=O)O)n1. The van der Waals surface area contributed by atoms with Gasteiger partial charge in [-0.05, 0) is 0 Å². The zero-order chi connectivity index (χ0) is 10.6. The summed E-state index contributed by atoms with van der Waals surface area (Å²) in [5.41, 5.74) is 0.469. The van der Waals surface area contributed by atoms with Crippen LogP contribution in [0.25, 0.3) is 0 Å². The van der Waals surface area contributed by atoms with Crippen LogP contribution in [0.2, 0.25) is 0 Å². The van der Waals surface area contributed by atoms with Crippen LogP contribution in [0.15, 0.2) is 6.07 Å². The topological polar surface area (TPSA) is 81.5 Å². The molecule has 0 amide bonds. The molecular formula is C8H10N2O4. The average molecular weight is 198 g/mol. The Morgan fingerprint density at radius 1 is 1.50 bits per heavy atom. The van der Waals surface area contributed by atoms with Crippen molar-refractivity contribution in [3.8, 4) is 5.88 Å². The summed E-state index contributed by atoms with van der Waals surface area (Å²) in [5, 5.41) is 8.68. The fourth-order valence-electron chi connectivity index (χ4n) is 0.895. The monoisotopic (exact) mass is 198 g/mol. The number of hydrogen-bond acceptors (Lipinski definition) is 5. The first kappa shape index (κ1) is 10.4. The van der Waals surface area contributed by atoms with E-state index in [0.29, 0.717) is 5.69 Å². The molecule has 0 fully saturated rings. The third-order valence-electron chi connectivity index (χ3n) is 1.45. The Labute approximate surface area is 80.5 Å². The summed E-state index contributed by atoms with van der Waals surface area (Å²) in [6.45, 7) is 0.221. The molecule has 1 aromatic heterocycles. The number of carbonyl (C=O) groups is 1. The number of methoxy groups -OCH3 is 2. The second-order valence-corrected chi connectivity index (χ2v) is 2.46. The van der Waals surface area contributed by atoms with Gasteiger partial charge in [0.25, 0.3) is 0 Å². The summed E-state index contributed by atoms with van der Waals surface area (Å²) in [7, 11) is 2.90. The van der Waals surface area contributed by atoms with Crippen LogP contribution >= 0.6 is 0 Å². The molecule has 14 heavy (non-hydrogen) atoms. The van der Waals surface area contributed by atoms with Crippen LogP contribution in [0.4, 0.5) is 0 Å². The van der Waals surface area contributed by atoms with Crippen LogP contribution in [0.1, 0.15) is 16.3 Å². The fourth-order valence-corrected chi connectivity index (χ4v) is 0.895. The number of carboxylic acid groups (broad SMARTS) is 1. The highest BCUT2D eigenvalue weighted by molar-refractivity contribution is 5.83. The average Bonchev–Trinajstić information content (AvgIpc) is 2.17. The van der Waals surface area contributed by atoms with E-state index in [1.54, 1.807) is 0 Å². The second-order valence-electron chi connectivity index (χ2n) is 2.46. The maximum atomic E-state index is 10.6. The Kier molecular flexibility index (Phi) is 3.35. The van der Waals surface area contributed by atoms with Gasteiger partial charge in [0.05, 0.1) is 19.4 Å². The first-order valence-corrected chi connectivity index (χ1v) is 3.81. The van der Waals surface area contributed by atoms with Gasteiger partial charge in [-0.1, -0.05) is 0 Å². The quantitative estimate of drug-likeness (QED) is 0.750. The maximum absolute atomic E-state index is 10.6. The molecule has 6 heteroatoms. The van der Waals surface area contributed by atoms with Gasteiger partial charge in [0.15, 0.2) is 0 Å². The highest BCUT2D eigenvalue weighted by atomic mass is 16.5. The minimum atomic E-state index is -1.19. The zero-order valence-electron chi connectivity index (χ0n) is 7.85. The molecule has 1 heterocycles. The predicted octanol–water partition coefficient (Wildman–Crippen LogP) is 0.330. The number of nitrogens with zero attached hydrogens (tertiary/aromatic N) is 2. The molecular weight excluding hydrogens is 188 g/mol. The highest BCUT2D eigenvalue weighted by Gasteiger charge is 2.10. The van der Waals surface area contributed by atoms with E-state index in [1.165, 1.54) is 20.3 Å². The lowest BCUT2D eigenvalue weighted by Crippen LogP contribution is -2.08. The summed E-state index contributed by atoms with van der Waals surface area (Å²) >= 11 is 0. The lowest BCUT2D eigenvalue weighted by Gasteiger charge is -2.03. The molecule has 1 N–H and O–H groups in total. The molecule has 0 aliphatic heterocycles. The van der Waals surface area contributed by atoms with Gasteiger partial charge in [-0.2, -0.15) is 4.98 Å². The van der Waals surface area contributed by atoms with Crippen molar-refractivity contribution in [3.05, 3.63) is 17.6 Å². The van der Waals surface area contributed by atoms with E-state index < -0.39 is 5.97 Å². The molecule has 0 bridgehead atoms. The molecule has 0 unspecified atom stereocenters. The van der Waals surface area contributed by atoms with Crippen molar-refractivity contribution in [2.75, 3.05) is 14.2 Å². The molecule has 0 aliphatic rings. The van der Waals surface area contributed by atoms with Crippen LogP contribution in [0.3, 0.4) is 0 Å². The van der Waals surface area contributed by atoms with Crippen LogP contribution in [0, 0.1) is 0 Å². The van der Waals surface area contributed by atoms with Gasteiger partial charge in [0, 0.05) is 13.2 Å². The first-order valence-electron chi connectivity index (χ1n) is 3.81. The van der Waals surface area contributed by atoms with E-state index in [0.717, 1.165) is 0 Å². The summed E-state index contributed by atoms with van der Waals surface area (Å²) in [4.78, 5) is 18.0. The van der Waals surface area contributed by atoms with Crippen LogP contribution < -0.4 is 4.74 Å². The highest BCUT2D eigenvalue weighted by Crippen LogP contribution is 2.09. The Morgan fingerprint density at radius 3 is 2.71 bits per heavy atom. The normalized spacial score (nSPS) is 9.86. The first-order chi connectivity index (χ1) is 6.67. The standard InChI is InChI=1S/C8H10N2O4/c1-13-4-5-3-6(14-2)10-7(9-5)8(11)12/h3H,4H2,1-2H3,(H,11,12). The Morgan fingerprint density at radius 2 is 2.21 bits per heavy atom. The Balaban J connectivity index is 3.06. The molecule has 76 valence electrons. The van der Waals surface area contributed by atoms with Gasteiger partial charge < -0.3 is 14.6 Å². The Hall–Kier alpha value is -1.69. The van der Waals surface area contributed by atoms with Crippen molar-refractivity contribution in [2.24, 2.45) is 0 Å². The molecule has 1 aromatic rings. The summed E-state index contributed by atoms with van der Waals surface area (Å²) in [6, 6.07) is 1.52. The Bertz CT molecular complexity index is 340. The van der Waals surface area contributed by atoms with Crippen LogP contribution in [-0.2, 0) is 11.3 Å². The van der Waals surface area contributed by atoms with Gasteiger partial charge in [0.1, 0.15) is 0 Å². The third-order valence-corrected chi connectivity index (χ3v) is 1.45. The molecule has 0 radical (unpaired) electrons. The van der Waals surface area contributed by atoms with Gasteiger partial charge in [-0.15, -0.1) is 0 Å². The number of aromatic carboxylic acids is 1. The molecule has 0 atom stereocenters. The number of ether oxygens (including phenoxy) is 2. The van der Waals surface area contributed by atoms with Gasteiger partial charge >= 0.3 is 5.97 Å². The van der Waals surface area contributed by atoms with E-state index in [2.05, 4.69) is 9.97 Å². The molecule has 0 saturated carbocycles. The smallest absolute Gasteiger partial charge is 0.374 e. The van der Waals surface area contributed by atoms with Crippen LogP contribution in [-0.4, -0.2) is 35.3 Å². The minimum absolute atomic E-state index is 0.212. The number of rotatable bonds is 4. The van der Waals surface area contributed by atoms with Crippen LogP contribution in [0.5, 0.6) is 5.88 Å². The molecule has 0 saturated heterocycles. The molecule has 0 aliphatic carbocycles. The maximum Gasteiger partial charge on any atom is 0.374 e. The number of carboxylic acids is 1. The number of hydrogen-bond donors (Lipinski definition) is 1. The van der Waals surface area contributed by atoms with Crippen molar-refractivity contribution >= 4 is 5.97 Å². The van der Waals surface area contributed by atoms with E-state index in [4.69, 9.17) is 14.6 Å². The minimum Gasteiger partial charge on any atom is -0.481 e. The van der Waals surface area contributed by atoms with Crippen molar-refractivity contribution in [3.63, 3.8) is 0 Å². The largest absolute Gasteiger partial charge is 0.481 e. The number of aromatic nitrogens is 2. The van der Waals surface area contributed by atoms with Crippen molar-refractivity contribution in [1.29, 1.82) is 0 Å². The van der Waals surface area contributed by atoms with E-state index in [1.807, 2.05) is 0 Å².